The van der Waals surface area contributed by atoms with E-state index in [0.29, 0.717) is 17.4 Å². The van der Waals surface area contributed by atoms with Crippen molar-refractivity contribution >= 4 is 5.57 Å². The summed E-state index contributed by atoms with van der Waals surface area (Å²) < 4.78 is 0. The first-order chi connectivity index (χ1) is 13.4. The molecule has 0 amide bonds. The fraction of sp³-hybridized carbons (Fsp3) is 0.680. The standard InChI is InChI=1S/C25H36N2O/c1-16(21-7-5-13-26-21)18-15-20-17-8-9-22-24(2,11-6-14-27(22)4)19(17)10-12-25(20,3)23(18)28/h5-7,11,13,17,19-20,22-23,26,28H,8-10,12,14-15H2,1-4H3/t17-,19+,20+,22-,23+,24-,25+/m1/s1. The van der Waals surface area contributed by atoms with E-state index >= 15 is 0 Å². The Bertz CT molecular complexity index is 809. The number of rotatable bonds is 1. The number of hydrogen-bond acceptors (Lipinski definition) is 2. The lowest BCUT2D eigenvalue weighted by atomic mass is 9.48. The molecule has 0 spiro atoms. The van der Waals surface area contributed by atoms with Gasteiger partial charge in [0.05, 0.1) is 6.10 Å². The Hall–Kier alpha value is -1.32. The van der Waals surface area contributed by atoms with Crippen LogP contribution in [0.5, 0.6) is 0 Å². The zero-order valence-corrected chi connectivity index (χ0v) is 17.9. The Balaban J connectivity index is 1.51. The molecular weight excluding hydrogens is 344 g/mol. The molecule has 3 heteroatoms. The quantitative estimate of drug-likeness (QED) is 0.682. The van der Waals surface area contributed by atoms with Crippen molar-refractivity contribution in [3.8, 4) is 0 Å². The van der Waals surface area contributed by atoms with E-state index in [4.69, 9.17) is 0 Å². The molecule has 0 radical (unpaired) electrons. The van der Waals surface area contributed by atoms with Gasteiger partial charge in [0.1, 0.15) is 0 Å². The number of aromatic amines is 1. The highest BCUT2D eigenvalue weighted by molar-refractivity contribution is 5.66. The van der Waals surface area contributed by atoms with Crippen molar-refractivity contribution in [1.29, 1.82) is 0 Å². The Morgan fingerprint density at radius 1 is 1.21 bits per heavy atom. The van der Waals surface area contributed by atoms with E-state index in [-0.39, 0.29) is 11.5 Å². The average Bonchev–Trinajstić information content (AvgIpc) is 3.28. The average molecular weight is 381 g/mol. The van der Waals surface area contributed by atoms with E-state index in [2.05, 4.69) is 62.0 Å². The van der Waals surface area contributed by atoms with Gasteiger partial charge in [0.2, 0.25) is 0 Å². The molecule has 1 aromatic heterocycles. The summed E-state index contributed by atoms with van der Waals surface area (Å²) in [5.41, 5.74) is 4.06. The van der Waals surface area contributed by atoms with Crippen molar-refractivity contribution in [2.75, 3.05) is 13.6 Å². The predicted molar refractivity (Wildman–Crippen MR) is 115 cm³/mol. The first-order valence-corrected chi connectivity index (χ1v) is 11.3. The Kier molecular flexibility index (Phi) is 4.23. The van der Waals surface area contributed by atoms with Gasteiger partial charge in [-0.1, -0.05) is 26.0 Å². The summed E-state index contributed by atoms with van der Waals surface area (Å²) in [4.78, 5) is 5.93. The monoisotopic (exact) mass is 380 g/mol. The normalized spacial score (nSPS) is 47.4. The fourth-order valence-corrected chi connectivity index (χ4v) is 7.81. The van der Waals surface area contributed by atoms with Crippen LogP contribution in [-0.2, 0) is 0 Å². The number of allylic oxidation sites excluding steroid dienone is 1. The number of hydrogen-bond donors (Lipinski definition) is 2. The molecule has 7 atom stereocenters. The molecular formula is C25H36N2O. The van der Waals surface area contributed by atoms with Gasteiger partial charge in [0.15, 0.2) is 0 Å². The summed E-state index contributed by atoms with van der Waals surface area (Å²) in [5, 5.41) is 11.4. The molecule has 28 heavy (non-hydrogen) atoms. The van der Waals surface area contributed by atoms with Crippen LogP contribution in [0.25, 0.3) is 5.57 Å². The molecule has 2 heterocycles. The molecule has 3 fully saturated rings. The zero-order chi connectivity index (χ0) is 19.7. The van der Waals surface area contributed by atoms with Crippen molar-refractivity contribution in [2.45, 2.75) is 65.0 Å². The fourth-order valence-electron chi connectivity index (χ4n) is 7.81. The highest BCUT2D eigenvalue weighted by Crippen LogP contribution is 2.65. The predicted octanol–water partition coefficient (Wildman–Crippen LogP) is 4.87. The van der Waals surface area contributed by atoms with E-state index in [1.807, 2.05) is 6.20 Å². The smallest absolute Gasteiger partial charge is 0.0812 e. The molecule has 152 valence electrons. The molecule has 4 aliphatic rings. The summed E-state index contributed by atoms with van der Waals surface area (Å²) >= 11 is 0. The van der Waals surface area contributed by atoms with Gasteiger partial charge in [-0.15, -0.1) is 0 Å². The number of nitrogens with zero attached hydrogens (tertiary/aromatic N) is 1. The molecule has 3 saturated carbocycles. The Labute approximate surface area is 169 Å². The van der Waals surface area contributed by atoms with Crippen LogP contribution in [0.1, 0.15) is 58.6 Å². The maximum atomic E-state index is 11.4. The summed E-state index contributed by atoms with van der Waals surface area (Å²) in [5.74, 6) is 2.10. The molecule has 0 unspecified atom stereocenters. The van der Waals surface area contributed by atoms with Crippen LogP contribution in [0, 0.1) is 28.6 Å². The van der Waals surface area contributed by atoms with Crippen molar-refractivity contribution in [1.82, 2.24) is 9.88 Å². The number of likely N-dealkylation sites (N-methyl/N-ethyl adjacent to an activating group) is 1. The number of aromatic nitrogens is 1. The van der Waals surface area contributed by atoms with Gasteiger partial charge in [0.25, 0.3) is 0 Å². The Morgan fingerprint density at radius 3 is 2.79 bits per heavy atom. The van der Waals surface area contributed by atoms with Crippen LogP contribution in [0.4, 0.5) is 0 Å². The van der Waals surface area contributed by atoms with Crippen LogP contribution in [0.2, 0.25) is 0 Å². The lowest BCUT2D eigenvalue weighted by Crippen LogP contribution is -2.58. The van der Waals surface area contributed by atoms with Gasteiger partial charge in [-0.25, -0.2) is 0 Å². The second-order valence-electron chi connectivity index (χ2n) is 10.6. The zero-order valence-electron chi connectivity index (χ0n) is 17.9. The third-order valence-electron chi connectivity index (χ3n) is 9.45. The van der Waals surface area contributed by atoms with Crippen LogP contribution in [-0.4, -0.2) is 40.7 Å². The van der Waals surface area contributed by atoms with Crippen LogP contribution in [0.15, 0.2) is 36.1 Å². The van der Waals surface area contributed by atoms with Crippen molar-refractivity contribution < 1.29 is 5.11 Å². The number of aliphatic hydroxyl groups is 1. The van der Waals surface area contributed by atoms with E-state index in [0.717, 1.165) is 31.2 Å². The van der Waals surface area contributed by atoms with Gasteiger partial charge in [-0.3, -0.25) is 4.90 Å². The third-order valence-corrected chi connectivity index (χ3v) is 9.45. The maximum absolute atomic E-state index is 11.4. The summed E-state index contributed by atoms with van der Waals surface area (Å²) in [7, 11) is 2.31. The molecule has 3 aliphatic carbocycles. The number of fused-ring (bicyclic) bond motifs is 5. The first-order valence-electron chi connectivity index (χ1n) is 11.3. The molecule has 1 aromatic rings. The lowest BCUT2D eigenvalue weighted by Gasteiger charge is -2.60. The topological polar surface area (TPSA) is 39.3 Å². The lowest BCUT2D eigenvalue weighted by molar-refractivity contribution is -0.0985. The second kappa shape index (κ2) is 6.34. The third kappa shape index (κ3) is 2.42. The van der Waals surface area contributed by atoms with Crippen molar-refractivity contribution in [3.05, 3.63) is 41.7 Å². The van der Waals surface area contributed by atoms with Crippen LogP contribution < -0.4 is 0 Å². The largest absolute Gasteiger partial charge is 0.388 e. The van der Waals surface area contributed by atoms with E-state index < -0.39 is 0 Å². The molecule has 3 nitrogen and oxygen atoms in total. The number of H-pyrrole nitrogens is 1. The highest BCUT2D eigenvalue weighted by atomic mass is 16.3. The Morgan fingerprint density at radius 2 is 2.04 bits per heavy atom. The van der Waals surface area contributed by atoms with E-state index in [1.165, 1.54) is 36.1 Å². The van der Waals surface area contributed by atoms with Crippen LogP contribution >= 0.6 is 0 Å². The van der Waals surface area contributed by atoms with Gasteiger partial charge in [0, 0.05) is 35.3 Å². The van der Waals surface area contributed by atoms with Gasteiger partial charge in [-0.05, 0) is 87.1 Å². The minimum Gasteiger partial charge on any atom is -0.388 e. The van der Waals surface area contributed by atoms with Crippen molar-refractivity contribution in [2.24, 2.45) is 28.6 Å². The molecule has 5 rings (SSSR count). The molecule has 2 N–H and O–H groups in total. The summed E-state index contributed by atoms with van der Waals surface area (Å²) in [6.45, 7) is 8.19. The van der Waals surface area contributed by atoms with Gasteiger partial charge < -0.3 is 10.1 Å². The van der Waals surface area contributed by atoms with Gasteiger partial charge >= 0.3 is 0 Å². The van der Waals surface area contributed by atoms with Crippen molar-refractivity contribution in [3.63, 3.8) is 0 Å². The minimum absolute atomic E-state index is 0.0395. The first kappa shape index (κ1) is 18.7. The highest BCUT2D eigenvalue weighted by Gasteiger charge is 2.61. The number of aliphatic hydroxyl groups excluding tert-OH is 1. The van der Waals surface area contributed by atoms with Gasteiger partial charge in [-0.2, -0.15) is 0 Å². The number of nitrogens with one attached hydrogen (secondary N) is 1. The van der Waals surface area contributed by atoms with E-state index in [1.54, 1.807) is 0 Å². The molecule has 1 aliphatic heterocycles. The molecule has 0 bridgehead atoms. The van der Waals surface area contributed by atoms with Crippen LogP contribution in [0.3, 0.4) is 0 Å². The molecule has 0 aromatic carbocycles. The molecule has 0 saturated heterocycles. The SMILES string of the molecule is CC(=C1C[C@H]2[C@@H]3CC[C@H]4N(C)CC=C[C@]4(C)[C@H]3CC[C@]2(C)[C@H]1O)c1ccc[nH]1. The maximum Gasteiger partial charge on any atom is 0.0812 e. The summed E-state index contributed by atoms with van der Waals surface area (Å²) in [6.07, 6.45) is 12.8. The van der Waals surface area contributed by atoms with E-state index in [9.17, 15) is 5.11 Å². The second-order valence-corrected chi connectivity index (χ2v) is 10.6. The minimum atomic E-state index is -0.295. The summed E-state index contributed by atoms with van der Waals surface area (Å²) in [6, 6.07) is 4.88.